The zero-order valence-electron chi connectivity index (χ0n) is 10.4. The van der Waals surface area contributed by atoms with E-state index in [9.17, 15) is 8.78 Å². The second-order valence-corrected chi connectivity index (χ2v) is 5.65. The predicted octanol–water partition coefficient (Wildman–Crippen LogP) is 3.45. The second-order valence-electron chi connectivity index (χ2n) is 5.65. The van der Waals surface area contributed by atoms with Crippen LogP contribution in [0.25, 0.3) is 11.0 Å². The Kier molecular flexibility index (Phi) is 2.04. The normalized spacial score (nSPS) is 29.1. The Morgan fingerprint density at radius 1 is 1.32 bits per heavy atom. The van der Waals surface area contributed by atoms with Crippen LogP contribution in [0.4, 0.5) is 14.6 Å². The number of alkyl halides is 2. The van der Waals surface area contributed by atoms with Gasteiger partial charge in [0.2, 0.25) is 0 Å². The Labute approximate surface area is 109 Å². The number of halogens is 2. The van der Waals surface area contributed by atoms with Crippen LogP contribution in [-0.4, -0.2) is 24.0 Å². The molecule has 1 spiro atoms. The minimum atomic E-state index is -2.49. The molecule has 4 rings (SSSR count). The minimum absolute atomic E-state index is 0.0257. The van der Waals surface area contributed by atoms with Gasteiger partial charge in [0.15, 0.2) is 0 Å². The lowest BCUT2D eigenvalue weighted by atomic mass is 9.94. The number of piperidine rings is 1. The molecule has 5 heteroatoms. The fourth-order valence-electron chi connectivity index (χ4n) is 3.27. The van der Waals surface area contributed by atoms with Crippen LogP contribution in [0.2, 0.25) is 0 Å². The summed E-state index contributed by atoms with van der Waals surface area (Å²) in [5, 5.41) is 0.906. The number of anilines is 1. The van der Waals surface area contributed by atoms with Crippen molar-refractivity contribution in [3.63, 3.8) is 0 Å². The van der Waals surface area contributed by atoms with Crippen LogP contribution in [0.3, 0.4) is 0 Å². The van der Waals surface area contributed by atoms with E-state index in [-0.39, 0.29) is 6.42 Å². The standard InChI is InChI=1S/C14H14F2N2O/c15-14(16)8-13(14)4-1-6-18(9-13)12-10-3-7-19-11(10)2-5-17-12/h2-3,5,7H,1,4,6,8-9H2. The quantitative estimate of drug-likeness (QED) is 0.790. The van der Waals surface area contributed by atoms with E-state index in [1.807, 2.05) is 11.0 Å². The number of nitrogens with zero attached hydrogens (tertiary/aromatic N) is 2. The topological polar surface area (TPSA) is 29.3 Å². The van der Waals surface area contributed by atoms with E-state index in [1.54, 1.807) is 18.5 Å². The van der Waals surface area contributed by atoms with Crippen molar-refractivity contribution < 1.29 is 13.2 Å². The molecule has 0 amide bonds. The first-order chi connectivity index (χ1) is 9.11. The molecule has 2 aliphatic rings. The monoisotopic (exact) mass is 264 g/mol. The number of hydrogen-bond acceptors (Lipinski definition) is 3. The van der Waals surface area contributed by atoms with Gasteiger partial charge in [-0.1, -0.05) is 0 Å². The number of furan rings is 1. The third kappa shape index (κ3) is 1.50. The molecular formula is C14H14F2N2O. The second kappa shape index (κ2) is 3.46. The molecule has 1 saturated carbocycles. The Morgan fingerprint density at radius 2 is 2.16 bits per heavy atom. The summed E-state index contributed by atoms with van der Waals surface area (Å²) in [6, 6.07) is 3.65. The summed E-state index contributed by atoms with van der Waals surface area (Å²) in [5.41, 5.74) is -0.0501. The molecule has 2 aromatic rings. The van der Waals surface area contributed by atoms with Crippen LogP contribution in [0.5, 0.6) is 0 Å². The van der Waals surface area contributed by atoms with E-state index < -0.39 is 11.3 Å². The highest BCUT2D eigenvalue weighted by Gasteiger charge is 2.71. The summed E-state index contributed by atoms with van der Waals surface area (Å²) < 4.78 is 32.4. The first-order valence-electron chi connectivity index (χ1n) is 6.56. The zero-order chi connectivity index (χ0) is 13.1. The molecule has 0 N–H and O–H groups in total. The molecule has 2 fully saturated rings. The van der Waals surface area contributed by atoms with Gasteiger partial charge >= 0.3 is 0 Å². The van der Waals surface area contributed by atoms with Crippen LogP contribution in [0, 0.1) is 5.41 Å². The average molecular weight is 264 g/mol. The Balaban J connectivity index is 1.71. The van der Waals surface area contributed by atoms with Crippen molar-refractivity contribution >= 4 is 16.8 Å². The zero-order valence-corrected chi connectivity index (χ0v) is 10.4. The van der Waals surface area contributed by atoms with Gasteiger partial charge in [-0.2, -0.15) is 0 Å². The van der Waals surface area contributed by atoms with E-state index in [1.165, 1.54) is 0 Å². The van der Waals surface area contributed by atoms with Gasteiger partial charge in [0, 0.05) is 25.7 Å². The Hall–Kier alpha value is -1.65. The van der Waals surface area contributed by atoms with Gasteiger partial charge < -0.3 is 9.32 Å². The number of pyridine rings is 1. The van der Waals surface area contributed by atoms with Crippen molar-refractivity contribution in [2.75, 3.05) is 18.0 Å². The van der Waals surface area contributed by atoms with Gasteiger partial charge in [0.25, 0.3) is 5.92 Å². The van der Waals surface area contributed by atoms with E-state index in [0.29, 0.717) is 13.0 Å². The van der Waals surface area contributed by atoms with Gasteiger partial charge in [0.05, 0.1) is 17.1 Å². The van der Waals surface area contributed by atoms with Crippen molar-refractivity contribution in [2.45, 2.75) is 25.2 Å². The lowest BCUT2D eigenvalue weighted by molar-refractivity contribution is 0.0575. The molecule has 1 aliphatic carbocycles. The molecule has 3 heterocycles. The minimum Gasteiger partial charge on any atom is -0.464 e. The highest BCUT2D eigenvalue weighted by atomic mass is 19.3. The molecule has 2 aromatic heterocycles. The number of hydrogen-bond donors (Lipinski definition) is 0. The van der Waals surface area contributed by atoms with Crippen molar-refractivity contribution in [3.05, 3.63) is 24.6 Å². The van der Waals surface area contributed by atoms with Gasteiger partial charge in [-0.05, 0) is 25.0 Å². The first-order valence-corrected chi connectivity index (χ1v) is 6.56. The van der Waals surface area contributed by atoms with Gasteiger partial charge in [-0.25, -0.2) is 13.8 Å². The Bertz CT molecular complexity index is 639. The fourth-order valence-corrected chi connectivity index (χ4v) is 3.27. The van der Waals surface area contributed by atoms with Gasteiger partial charge in [-0.3, -0.25) is 0 Å². The summed E-state index contributed by atoms with van der Waals surface area (Å²) in [6.07, 6.45) is 4.73. The summed E-state index contributed by atoms with van der Waals surface area (Å²) in [6.45, 7) is 1.19. The predicted molar refractivity (Wildman–Crippen MR) is 67.5 cm³/mol. The third-order valence-corrected chi connectivity index (χ3v) is 4.45. The molecular weight excluding hydrogens is 250 g/mol. The maximum Gasteiger partial charge on any atom is 0.256 e. The maximum atomic E-state index is 13.6. The van der Waals surface area contributed by atoms with E-state index in [4.69, 9.17) is 4.42 Å². The molecule has 3 nitrogen and oxygen atoms in total. The molecule has 19 heavy (non-hydrogen) atoms. The molecule has 0 radical (unpaired) electrons. The van der Waals surface area contributed by atoms with Crippen LogP contribution in [0.1, 0.15) is 19.3 Å². The van der Waals surface area contributed by atoms with Crippen molar-refractivity contribution in [2.24, 2.45) is 5.41 Å². The summed E-state index contributed by atoms with van der Waals surface area (Å²) >= 11 is 0. The third-order valence-electron chi connectivity index (χ3n) is 4.45. The SMILES string of the molecule is FC1(F)CC12CCCN(c1nccc3occc13)C2. The van der Waals surface area contributed by atoms with Crippen LogP contribution in [0.15, 0.2) is 29.0 Å². The van der Waals surface area contributed by atoms with Crippen LogP contribution in [-0.2, 0) is 0 Å². The molecule has 0 aromatic carbocycles. The lowest BCUT2D eigenvalue weighted by Crippen LogP contribution is -2.39. The van der Waals surface area contributed by atoms with Crippen LogP contribution < -0.4 is 4.90 Å². The van der Waals surface area contributed by atoms with Gasteiger partial charge in [0.1, 0.15) is 11.4 Å². The average Bonchev–Trinajstić information content (AvgIpc) is 2.79. The molecule has 1 atom stereocenters. The molecule has 100 valence electrons. The first kappa shape index (κ1) is 11.2. The highest BCUT2D eigenvalue weighted by molar-refractivity contribution is 5.88. The highest BCUT2D eigenvalue weighted by Crippen LogP contribution is 2.64. The fraction of sp³-hybridized carbons (Fsp3) is 0.500. The summed E-state index contributed by atoms with van der Waals surface area (Å²) in [7, 11) is 0. The largest absolute Gasteiger partial charge is 0.464 e. The summed E-state index contributed by atoms with van der Waals surface area (Å²) in [5.74, 6) is -1.72. The molecule has 1 saturated heterocycles. The Morgan fingerprint density at radius 3 is 2.95 bits per heavy atom. The number of rotatable bonds is 1. The smallest absolute Gasteiger partial charge is 0.256 e. The van der Waals surface area contributed by atoms with Crippen molar-refractivity contribution in [3.8, 4) is 0 Å². The molecule has 1 unspecified atom stereocenters. The number of aromatic nitrogens is 1. The van der Waals surface area contributed by atoms with E-state index >= 15 is 0 Å². The van der Waals surface area contributed by atoms with Crippen molar-refractivity contribution in [1.82, 2.24) is 4.98 Å². The van der Waals surface area contributed by atoms with Gasteiger partial charge in [-0.15, -0.1) is 0 Å². The summed E-state index contributed by atoms with van der Waals surface area (Å²) in [4.78, 5) is 6.35. The van der Waals surface area contributed by atoms with Crippen molar-refractivity contribution in [1.29, 1.82) is 0 Å². The number of fused-ring (bicyclic) bond motifs is 1. The lowest BCUT2D eigenvalue weighted by Gasteiger charge is -2.34. The molecule has 1 aliphatic heterocycles. The molecule has 0 bridgehead atoms. The van der Waals surface area contributed by atoms with Crippen LogP contribution >= 0.6 is 0 Å². The maximum absolute atomic E-state index is 13.6. The van der Waals surface area contributed by atoms with E-state index in [0.717, 1.165) is 29.8 Å². The van der Waals surface area contributed by atoms with E-state index in [2.05, 4.69) is 4.98 Å².